The summed E-state index contributed by atoms with van der Waals surface area (Å²) in [4.78, 5) is 26.1. The lowest BCUT2D eigenvalue weighted by Crippen LogP contribution is -2.29. The van der Waals surface area contributed by atoms with Gasteiger partial charge in [-0.15, -0.1) is 0 Å². The molecule has 2 amide bonds. The molecule has 0 radical (unpaired) electrons. The molecule has 2 aromatic carbocycles. The molecule has 1 heterocycles. The van der Waals surface area contributed by atoms with Crippen LogP contribution in [0.15, 0.2) is 42.5 Å². The van der Waals surface area contributed by atoms with Crippen molar-refractivity contribution in [3.8, 4) is 5.75 Å². The summed E-state index contributed by atoms with van der Waals surface area (Å²) in [5.74, 6) is -0.227. The van der Waals surface area contributed by atoms with Gasteiger partial charge < -0.3 is 4.74 Å². The van der Waals surface area contributed by atoms with E-state index in [1.807, 2.05) is 19.1 Å². The normalized spacial score (nSPS) is 13.6. The first-order chi connectivity index (χ1) is 9.63. The zero-order chi connectivity index (χ0) is 14.3. The predicted molar refractivity (Wildman–Crippen MR) is 75.3 cm³/mol. The first-order valence-corrected chi connectivity index (χ1v) is 6.26. The Bertz CT molecular complexity index is 704. The summed E-state index contributed by atoms with van der Waals surface area (Å²) in [7, 11) is 1.49. The van der Waals surface area contributed by atoms with Gasteiger partial charge in [0.2, 0.25) is 0 Å². The fourth-order valence-corrected chi connectivity index (χ4v) is 2.35. The van der Waals surface area contributed by atoms with Gasteiger partial charge in [-0.25, -0.2) is 4.90 Å². The van der Waals surface area contributed by atoms with Crippen LogP contribution in [0.25, 0.3) is 0 Å². The maximum atomic E-state index is 12.5. The average Bonchev–Trinajstić information content (AvgIpc) is 2.72. The van der Waals surface area contributed by atoms with Gasteiger partial charge in [-0.3, -0.25) is 9.59 Å². The van der Waals surface area contributed by atoms with Crippen molar-refractivity contribution < 1.29 is 14.3 Å². The van der Waals surface area contributed by atoms with Crippen LogP contribution in [-0.4, -0.2) is 18.9 Å². The summed E-state index contributed by atoms with van der Waals surface area (Å²) in [6.45, 7) is 1.95. The quantitative estimate of drug-likeness (QED) is 0.786. The van der Waals surface area contributed by atoms with Crippen molar-refractivity contribution in [3.63, 3.8) is 0 Å². The second-order valence-corrected chi connectivity index (χ2v) is 4.66. The number of nitrogens with zero attached hydrogens (tertiary/aromatic N) is 1. The zero-order valence-corrected chi connectivity index (χ0v) is 11.2. The minimum Gasteiger partial charge on any atom is -0.496 e. The summed E-state index contributed by atoms with van der Waals surface area (Å²) in [5.41, 5.74) is 2.36. The van der Waals surface area contributed by atoms with Crippen LogP contribution in [0.2, 0.25) is 0 Å². The molecule has 0 atom stereocenters. The van der Waals surface area contributed by atoms with Crippen molar-refractivity contribution >= 4 is 17.5 Å². The number of fused-ring (bicyclic) bond motifs is 1. The standard InChI is InChI=1S/C16H13NO3/c1-10-6-8-11(9-7-10)17-15(18)12-4-3-5-13(20-2)14(12)16(17)19/h3-9H,1-2H3. The van der Waals surface area contributed by atoms with Gasteiger partial charge in [0.25, 0.3) is 11.8 Å². The van der Waals surface area contributed by atoms with Gasteiger partial charge in [-0.05, 0) is 31.2 Å². The van der Waals surface area contributed by atoms with Crippen molar-refractivity contribution in [3.05, 3.63) is 59.2 Å². The second-order valence-electron chi connectivity index (χ2n) is 4.66. The topological polar surface area (TPSA) is 46.6 Å². The summed E-state index contributed by atoms with van der Waals surface area (Å²) < 4.78 is 5.18. The lowest BCUT2D eigenvalue weighted by Gasteiger charge is -2.14. The maximum absolute atomic E-state index is 12.5. The molecular formula is C16H13NO3. The van der Waals surface area contributed by atoms with Crippen LogP contribution in [0.5, 0.6) is 5.75 Å². The number of amides is 2. The molecular weight excluding hydrogens is 254 g/mol. The van der Waals surface area contributed by atoms with Crippen molar-refractivity contribution in [1.82, 2.24) is 0 Å². The number of carbonyl (C=O) groups is 2. The summed E-state index contributed by atoms with van der Waals surface area (Å²) >= 11 is 0. The smallest absolute Gasteiger partial charge is 0.269 e. The Kier molecular flexibility index (Phi) is 2.79. The van der Waals surface area contributed by atoms with E-state index in [0.29, 0.717) is 22.6 Å². The van der Waals surface area contributed by atoms with Crippen LogP contribution in [-0.2, 0) is 0 Å². The molecule has 4 nitrogen and oxygen atoms in total. The molecule has 4 heteroatoms. The molecule has 0 aliphatic carbocycles. The molecule has 0 saturated carbocycles. The molecule has 0 unspecified atom stereocenters. The van der Waals surface area contributed by atoms with Gasteiger partial charge in [0.15, 0.2) is 0 Å². The number of hydrogen-bond acceptors (Lipinski definition) is 3. The summed E-state index contributed by atoms with van der Waals surface area (Å²) in [5, 5.41) is 0. The Morgan fingerprint density at radius 2 is 1.65 bits per heavy atom. The summed E-state index contributed by atoms with van der Waals surface area (Å²) in [6, 6.07) is 12.3. The number of aryl methyl sites for hydroxylation is 1. The van der Waals surface area contributed by atoms with Crippen molar-refractivity contribution in [2.75, 3.05) is 12.0 Å². The van der Waals surface area contributed by atoms with E-state index >= 15 is 0 Å². The second kappa shape index (κ2) is 4.49. The van der Waals surface area contributed by atoms with Gasteiger partial charge in [-0.1, -0.05) is 23.8 Å². The van der Waals surface area contributed by atoms with Gasteiger partial charge in [0.1, 0.15) is 5.75 Å². The number of methoxy groups -OCH3 is 1. The van der Waals surface area contributed by atoms with E-state index in [4.69, 9.17) is 4.74 Å². The van der Waals surface area contributed by atoms with Crippen LogP contribution in [0, 0.1) is 6.92 Å². The third-order valence-electron chi connectivity index (χ3n) is 3.39. The molecule has 0 aromatic heterocycles. The highest BCUT2D eigenvalue weighted by molar-refractivity contribution is 6.35. The highest BCUT2D eigenvalue weighted by atomic mass is 16.5. The SMILES string of the molecule is COc1cccc2c1C(=O)N(c1ccc(C)cc1)C2=O. The third kappa shape index (κ3) is 1.69. The minimum absolute atomic E-state index is 0.312. The van der Waals surface area contributed by atoms with E-state index in [1.54, 1.807) is 30.3 Å². The van der Waals surface area contributed by atoms with E-state index in [0.717, 1.165) is 5.56 Å². The Balaban J connectivity index is 2.12. The predicted octanol–water partition coefficient (Wildman–Crippen LogP) is 2.80. The number of anilines is 1. The molecule has 0 spiro atoms. The number of ether oxygens (including phenoxy) is 1. The van der Waals surface area contributed by atoms with Crippen LogP contribution < -0.4 is 9.64 Å². The van der Waals surface area contributed by atoms with Crippen molar-refractivity contribution in [2.24, 2.45) is 0 Å². The number of imide groups is 1. The van der Waals surface area contributed by atoms with Crippen LogP contribution >= 0.6 is 0 Å². The number of carbonyl (C=O) groups excluding carboxylic acids is 2. The van der Waals surface area contributed by atoms with E-state index in [2.05, 4.69) is 0 Å². The highest BCUT2D eigenvalue weighted by Gasteiger charge is 2.38. The van der Waals surface area contributed by atoms with Gasteiger partial charge >= 0.3 is 0 Å². The molecule has 0 N–H and O–H groups in total. The molecule has 100 valence electrons. The lowest BCUT2D eigenvalue weighted by atomic mass is 10.1. The van der Waals surface area contributed by atoms with E-state index in [1.165, 1.54) is 12.0 Å². The largest absolute Gasteiger partial charge is 0.496 e. The third-order valence-corrected chi connectivity index (χ3v) is 3.39. The monoisotopic (exact) mass is 267 g/mol. The van der Waals surface area contributed by atoms with E-state index in [-0.39, 0.29) is 11.8 Å². The number of hydrogen-bond donors (Lipinski definition) is 0. The van der Waals surface area contributed by atoms with E-state index in [9.17, 15) is 9.59 Å². The Hall–Kier alpha value is -2.62. The van der Waals surface area contributed by atoms with Gasteiger partial charge in [0, 0.05) is 0 Å². The fourth-order valence-electron chi connectivity index (χ4n) is 2.35. The molecule has 0 fully saturated rings. The first-order valence-electron chi connectivity index (χ1n) is 6.26. The molecule has 1 aliphatic rings. The lowest BCUT2D eigenvalue weighted by molar-refractivity contribution is 0.0925. The maximum Gasteiger partial charge on any atom is 0.269 e. The van der Waals surface area contributed by atoms with Gasteiger partial charge in [0.05, 0.1) is 23.9 Å². The van der Waals surface area contributed by atoms with E-state index < -0.39 is 0 Å². The molecule has 0 saturated heterocycles. The first kappa shape index (κ1) is 12.4. The minimum atomic E-state index is -0.341. The molecule has 20 heavy (non-hydrogen) atoms. The molecule has 0 bridgehead atoms. The van der Waals surface area contributed by atoms with Crippen molar-refractivity contribution in [2.45, 2.75) is 6.92 Å². The molecule has 1 aliphatic heterocycles. The number of benzene rings is 2. The Morgan fingerprint density at radius 3 is 2.30 bits per heavy atom. The van der Waals surface area contributed by atoms with Crippen LogP contribution in [0.3, 0.4) is 0 Å². The van der Waals surface area contributed by atoms with Crippen molar-refractivity contribution in [1.29, 1.82) is 0 Å². The number of rotatable bonds is 2. The van der Waals surface area contributed by atoms with Crippen LogP contribution in [0.1, 0.15) is 26.3 Å². The van der Waals surface area contributed by atoms with Crippen LogP contribution in [0.4, 0.5) is 5.69 Å². The Morgan fingerprint density at radius 1 is 0.950 bits per heavy atom. The zero-order valence-electron chi connectivity index (χ0n) is 11.2. The molecule has 3 rings (SSSR count). The fraction of sp³-hybridized carbons (Fsp3) is 0.125. The molecule has 2 aromatic rings. The highest BCUT2D eigenvalue weighted by Crippen LogP contribution is 2.33. The summed E-state index contributed by atoms with van der Waals surface area (Å²) in [6.07, 6.45) is 0. The Labute approximate surface area is 116 Å². The van der Waals surface area contributed by atoms with Gasteiger partial charge in [-0.2, -0.15) is 0 Å². The average molecular weight is 267 g/mol.